The van der Waals surface area contributed by atoms with Crippen LogP contribution >= 0.6 is 0 Å². The van der Waals surface area contributed by atoms with Crippen molar-refractivity contribution < 1.29 is 14.6 Å². The van der Waals surface area contributed by atoms with Crippen molar-refractivity contribution in [3.63, 3.8) is 0 Å². The standard InChI is InChI=1S/C11H24N2O3/c1-16-9-6-10(12)11(15)13-7-4-2-3-5-8-14/h10,14H,2-9,12H2,1H3,(H,13,15). The Hall–Kier alpha value is -0.650. The first kappa shape index (κ1) is 15.3. The maximum Gasteiger partial charge on any atom is 0.237 e. The van der Waals surface area contributed by atoms with Crippen LogP contribution in [0.1, 0.15) is 32.1 Å². The lowest BCUT2D eigenvalue weighted by Gasteiger charge is -2.11. The van der Waals surface area contributed by atoms with E-state index in [4.69, 9.17) is 15.6 Å². The lowest BCUT2D eigenvalue weighted by Crippen LogP contribution is -2.41. The van der Waals surface area contributed by atoms with Gasteiger partial charge in [0.15, 0.2) is 0 Å². The highest BCUT2D eigenvalue weighted by Crippen LogP contribution is 1.97. The molecule has 0 aromatic heterocycles. The van der Waals surface area contributed by atoms with Crippen LogP contribution in [0.3, 0.4) is 0 Å². The summed E-state index contributed by atoms with van der Waals surface area (Å²) in [5.74, 6) is -0.112. The minimum Gasteiger partial charge on any atom is -0.396 e. The number of unbranched alkanes of at least 4 members (excludes halogenated alkanes) is 3. The van der Waals surface area contributed by atoms with Gasteiger partial charge in [0, 0.05) is 26.9 Å². The number of methoxy groups -OCH3 is 1. The number of aliphatic hydroxyl groups is 1. The third kappa shape index (κ3) is 8.64. The van der Waals surface area contributed by atoms with E-state index in [2.05, 4.69) is 5.32 Å². The zero-order valence-electron chi connectivity index (χ0n) is 10.1. The number of rotatable bonds is 10. The molecular weight excluding hydrogens is 208 g/mol. The third-order valence-electron chi connectivity index (χ3n) is 2.35. The largest absolute Gasteiger partial charge is 0.396 e. The van der Waals surface area contributed by atoms with Crippen LogP contribution in [-0.4, -0.2) is 43.9 Å². The van der Waals surface area contributed by atoms with Gasteiger partial charge in [0.1, 0.15) is 0 Å². The minimum absolute atomic E-state index is 0.112. The molecule has 0 aliphatic heterocycles. The lowest BCUT2D eigenvalue weighted by atomic mass is 10.2. The lowest BCUT2D eigenvalue weighted by molar-refractivity contribution is -0.122. The second kappa shape index (κ2) is 10.9. The van der Waals surface area contributed by atoms with E-state index in [1.165, 1.54) is 0 Å². The Labute approximate surface area is 97.3 Å². The van der Waals surface area contributed by atoms with Crippen LogP contribution in [0.4, 0.5) is 0 Å². The number of aliphatic hydroxyl groups excluding tert-OH is 1. The minimum atomic E-state index is -0.475. The topological polar surface area (TPSA) is 84.6 Å². The van der Waals surface area contributed by atoms with Gasteiger partial charge in [0.05, 0.1) is 6.04 Å². The van der Waals surface area contributed by atoms with Crippen molar-refractivity contribution in [2.24, 2.45) is 5.73 Å². The van der Waals surface area contributed by atoms with Crippen molar-refractivity contribution in [2.75, 3.05) is 26.9 Å². The summed E-state index contributed by atoms with van der Waals surface area (Å²) in [5, 5.41) is 11.4. The molecule has 5 nitrogen and oxygen atoms in total. The average molecular weight is 232 g/mol. The smallest absolute Gasteiger partial charge is 0.237 e. The van der Waals surface area contributed by atoms with Gasteiger partial charge >= 0.3 is 0 Å². The van der Waals surface area contributed by atoms with Crippen LogP contribution in [0.5, 0.6) is 0 Å². The van der Waals surface area contributed by atoms with Gasteiger partial charge in [-0.2, -0.15) is 0 Å². The van der Waals surface area contributed by atoms with Gasteiger partial charge in [-0.3, -0.25) is 4.79 Å². The van der Waals surface area contributed by atoms with E-state index in [9.17, 15) is 4.79 Å². The Morgan fingerprint density at radius 3 is 2.69 bits per heavy atom. The van der Waals surface area contributed by atoms with Crippen LogP contribution < -0.4 is 11.1 Å². The highest BCUT2D eigenvalue weighted by molar-refractivity contribution is 5.81. The molecule has 0 spiro atoms. The molecule has 0 bridgehead atoms. The number of nitrogens with one attached hydrogen (secondary N) is 1. The highest BCUT2D eigenvalue weighted by Gasteiger charge is 2.11. The molecule has 0 fully saturated rings. The van der Waals surface area contributed by atoms with Crippen LogP contribution in [0.25, 0.3) is 0 Å². The molecule has 0 saturated heterocycles. The fourth-order valence-corrected chi connectivity index (χ4v) is 1.31. The first-order chi connectivity index (χ1) is 7.72. The van der Waals surface area contributed by atoms with Crippen molar-refractivity contribution in [1.82, 2.24) is 5.32 Å². The normalized spacial score (nSPS) is 12.4. The van der Waals surface area contributed by atoms with E-state index < -0.39 is 6.04 Å². The van der Waals surface area contributed by atoms with E-state index in [-0.39, 0.29) is 12.5 Å². The van der Waals surface area contributed by atoms with Crippen LogP contribution in [0.2, 0.25) is 0 Å². The van der Waals surface area contributed by atoms with E-state index in [1.807, 2.05) is 0 Å². The van der Waals surface area contributed by atoms with Crippen LogP contribution in [0.15, 0.2) is 0 Å². The predicted octanol–water partition coefficient (Wildman–Crippen LogP) is 0.0191. The second-order valence-corrected chi connectivity index (χ2v) is 3.82. The number of hydrogen-bond donors (Lipinski definition) is 3. The Balaban J connectivity index is 3.35. The Kier molecular flexibility index (Phi) is 10.4. The predicted molar refractivity (Wildman–Crippen MR) is 63.0 cm³/mol. The molecule has 96 valence electrons. The molecular formula is C11H24N2O3. The van der Waals surface area contributed by atoms with Crippen molar-refractivity contribution in [3.8, 4) is 0 Å². The molecule has 0 aromatic carbocycles. The summed E-state index contributed by atoms with van der Waals surface area (Å²) >= 11 is 0. The van der Waals surface area contributed by atoms with Crippen molar-refractivity contribution in [2.45, 2.75) is 38.1 Å². The molecule has 0 heterocycles. The third-order valence-corrected chi connectivity index (χ3v) is 2.35. The van der Waals surface area contributed by atoms with Crippen molar-refractivity contribution in [3.05, 3.63) is 0 Å². The first-order valence-corrected chi connectivity index (χ1v) is 5.85. The van der Waals surface area contributed by atoms with Gasteiger partial charge in [0.2, 0.25) is 5.91 Å². The number of ether oxygens (including phenoxy) is 1. The van der Waals surface area contributed by atoms with Gasteiger partial charge in [-0.15, -0.1) is 0 Å². The van der Waals surface area contributed by atoms with Gasteiger partial charge in [-0.05, 0) is 19.3 Å². The maximum atomic E-state index is 11.4. The quantitative estimate of drug-likeness (QED) is 0.464. The molecule has 1 atom stereocenters. The van der Waals surface area contributed by atoms with Crippen LogP contribution in [-0.2, 0) is 9.53 Å². The second-order valence-electron chi connectivity index (χ2n) is 3.82. The molecule has 16 heavy (non-hydrogen) atoms. The first-order valence-electron chi connectivity index (χ1n) is 5.85. The molecule has 5 heteroatoms. The van der Waals surface area contributed by atoms with Crippen molar-refractivity contribution >= 4 is 5.91 Å². The van der Waals surface area contributed by atoms with Gasteiger partial charge in [-0.25, -0.2) is 0 Å². The van der Waals surface area contributed by atoms with Crippen molar-refractivity contribution in [1.29, 1.82) is 0 Å². The summed E-state index contributed by atoms with van der Waals surface area (Å²) in [6.07, 6.45) is 4.34. The van der Waals surface area contributed by atoms with E-state index in [0.29, 0.717) is 19.6 Å². The Morgan fingerprint density at radius 2 is 2.06 bits per heavy atom. The fourth-order valence-electron chi connectivity index (χ4n) is 1.31. The van der Waals surface area contributed by atoms with E-state index >= 15 is 0 Å². The summed E-state index contributed by atoms with van der Waals surface area (Å²) in [5.41, 5.74) is 5.64. The molecule has 0 aromatic rings. The van der Waals surface area contributed by atoms with E-state index in [0.717, 1.165) is 25.7 Å². The number of carbonyl (C=O) groups is 1. The summed E-state index contributed by atoms with van der Waals surface area (Å²) in [4.78, 5) is 11.4. The van der Waals surface area contributed by atoms with Crippen LogP contribution in [0, 0.1) is 0 Å². The number of hydrogen-bond acceptors (Lipinski definition) is 4. The average Bonchev–Trinajstić information content (AvgIpc) is 2.30. The summed E-state index contributed by atoms with van der Waals surface area (Å²) in [6.45, 7) is 1.41. The van der Waals surface area contributed by atoms with E-state index in [1.54, 1.807) is 7.11 Å². The molecule has 4 N–H and O–H groups in total. The zero-order chi connectivity index (χ0) is 12.2. The van der Waals surface area contributed by atoms with Gasteiger partial charge in [0.25, 0.3) is 0 Å². The SMILES string of the molecule is COCCC(N)C(=O)NCCCCCCO. The molecule has 0 radical (unpaired) electrons. The molecule has 0 aliphatic carbocycles. The maximum absolute atomic E-state index is 11.4. The number of carbonyl (C=O) groups excluding carboxylic acids is 1. The molecule has 1 amide bonds. The Bertz CT molecular complexity index is 177. The zero-order valence-corrected chi connectivity index (χ0v) is 10.1. The molecule has 1 unspecified atom stereocenters. The summed E-state index contributed by atoms with van der Waals surface area (Å²) in [6, 6.07) is -0.475. The summed E-state index contributed by atoms with van der Waals surface area (Å²) in [7, 11) is 1.59. The number of amides is 1. The highest BCUT2D eigenvalue weighted by atomic mass is 16.5. The fraction of sp³-hybridized carbons (Fsp3) is 0.909. The molecule has 0 saturated carbocycles. The summed E-state index contributed by atoms with van der Waals surface area (Å²) < 4.78 is 4.85. The monoisotopic (exact) mass is 232 g/mol. The molecule has 0 rings (SSSR count). The molecule has 0 aliphatic rings. The Morgan fingerprint density at radius 1 is 1.38 bits per heavy atom. The van der Waals surface area contributed by atoms with Gasteiger partial charge < -0.3 is 20.9 Å². The van der Waals surface area contributed by atoms with Gasteiger partial charge in [-0.1, -0.05) is 12.8 Å². The number of nitrogens with two attached hydrogens (primary N) is 1.